The van der Waals surface area contributed by atoms with Gasteiger partial charge >= 0.3 is 5.97 Å². The molecular weight excluding hydrogens is 288 g/mol. The molecule has 1 aromatic heterocycles. The molecule has 0 saturated heterocycles. The summed E-state index contributed by atoms with van der Waals surface area (Å²) in [4.78, 5) is 39.1. The fourth-order valence-corrected chi connectivity index (χ4v) is 1.66. The minimum absolute atomic E-state index is 0.112. The van der Waals surface area contributed by atoms with Gasteiger partial charge < -0.3 is 15.3 Å². The van der Waals surface area contributed by atoms with Gasteiger partial charge in [-0.25, -0.2) is 4.79 Å². The molecule has 0 aliphatic carbocycles. The summed E-state index contributed by atoms with van der Waals surface area (Å²) in [5.41, 5.74) is 0.990. The van der Waals surface area contributed by atoms with Crippen LogP contribution >= 0.6 is 0 Å². The smallest absolute Gasteiger partial charge is 0.337 e. The van der Waals surface area contributed by atoms with Crippen molar-refractivity contribution in [2.45, 2.75) is 6.92 Å². The lowest BCUT2D eigenvalue weighted by atomic mass is 10.2. The van der Waals surface area contributed by atoms with Crippen molar-refractivity contribution in [2.75, 3.05) is 11.9 Å². The molecule has 0 saturated carbocycles. The van der Waals surface area contributed by atoms with E-state index in [9.17, 15) is 14.4 Å². The lowest BCUT2D eigenvalue weighted by molar-refractivity contribution is -0.120. The minimum atomic E-state index is -1.19. The van der Waals surface area contributed by atoms with Crippen LogP contribution in [0.25, 0.3) is 0 Å². The molecule has 1 amide bonds. The summed E-state index contributed by atoms with van der Waals surface area (Å²) in [6.07, 6.45) is 1.02. The normalized spacial score (nSPS) is 10.0. The van der Waals surface area contributed by atoms with E-state index in [0.29, 0.717) is 5.69 Å². The first-order valence-electron chi connectivity index (χ1n) is 6.41. The largest absolute Gasteiger partial charge is 0.478 e. The number of anilines is 1. The van der Waals surface area contributed by atoms with Gasteiger partial charge in [0.15, 0.2) is 6.61 Å². The number of benzene rings is 1. The summed E-state index contributed by atoms with van der Waals surface area (Å²) in [5, 5.41) is 11.4. The highest BCUT2D eigenvalue weighted by Crippen LogP contribution is 2.08. The number of aromatic carboxylic acids is 1. The number of carbonyl (C=O) groups excluding carboxylic acids is 1. The molecule has 1 aromatic carbocycles. The quantitative estimate of drug-likeness (QED) is 0.856. The van der Waals surface area contributed by atoms with Crippen molar-refractivity contribution in [3.63, 3.8) is 0 Å². The first kappa shape index (κ1) is 15.3. The number of nitrogens with zero attached hydrogens (tertiary/aromatic N) is 1. The molecule has 0 bridgehead atoms. The molecule has 1 heterocycles. The van der Waals surface area contributed by atoms with E-state index in [1.165, 1.54) is 0 Å². The highest BCUT2D eigenvalue weighted by Gasteiger charge is 2.08. The average Bonchev–Trinajstić information content (AvgIpc) is 2.48. The van der Waals surface area contributed by atoms with Gasteiger partial charge in [0.25, 0.3) is 11.5 Å². The van der Waals surface area contributed by atoms with Crippen LogP contribution in [0.4, 0.5) is 5.69 Å². The number of carboxylic acids is 1. The van der Waals surface area contributed by atoms with Gasteiger partial charge in [-0.2, -0.15) is 4.73 Å². The Kier molecular flexibility index (Phi) is 4.57. The Balaban J connectivity index is 1.99. The fourth-order valence-electron chi connectivity index (χ4n) is 1.66. The Morgan fingerprint density at radius 1 is 1.18 bits per heavy atom. The fraction of sp³-hybridized carbons (Fsp3) is 0.133. The van der Waals surface area contributed by atoms with E-state index in [4.69, 9.17) is 9.94 Å². The molecule has 7 heteroatoms. The van der Waals surface area contributed by atoms with Crippen molar-refractivity contribution in [3.8, 4) is 0 Å². The number of hydrogen-bond donors (Lipinski definition) is 2. The molecule has 2 aromatic rings. The first-order chi connectivity index (χ1) is 10.5. The Bertz CT molecular complexity index is 749. The van der Waals surface area contributed by atoms with Crippen LogP contribution in [0.15, 0.2) is 47.4 Å². The Morgan fingerprint density at radius 2 is 1.86 bits per heavy atom. The van der Waals surface area contributed by atoms with Gasteiger partial charge in [0.05, 0.1) is 11.8 Å². The molecule has 0 fully saturated rings. The van der Waals surface area contributed by atoms with Crippen LogP contribution in [0.1, 0.15) is 15.9 Å². The molecule has 0 spiro atoms. The second kappa shape index (κ2) is 6.57. The Labute approximate surface area is 125 Å². The highest BCUT2D eigenvalue weighted by molar-refractivity contribution is 5.91. The average molecular weight is 302 g/mol. The van der Waals surface area contributed by atoms with E-state index in [0.717, 1.165) is 28.6 Å². The molecule has 0 aliphatic heterocycles. The molecule has 0 unspecified atom stereocenters. The van der Waals surface area contributed by atoms with Crippen molar-refractivity contribution >= 4 is 17.6 Å². The molecule has 2 N–H and O–H groups in total. The van der Waals surface area contributed by atoms with Crippen LogP contribution in [-0.4, -0.2) is 28.3 Å². The maximum atomic E-state index is 11.7. The van der Waals surface area contributed by atoms with Crippen LogP contribution in [0.2, 0.25) is 0 Å². The standard InChI is InChI=1S/C15H14N2O5/c1-10-2-5-12(6-3-10)16-13(18)9-22-17-8-11(15(20)21)4-7-14(17)19/h2-8H,9H2,1H3,(H,16,18)(H,20,21). The number of carboxylic acid groups (broad SMARTS) is 1. The summed E-state index contributed by atoms with van der Waals surface area (Å²) in [6, 6.07) is 9.39. The van der Waals surface area contributed by atoms with Crippen molar-refractivity contribution < 1.29 is 19.5 Å². The number of carbonyl (C=O) groups is 2. The molecule has 0 atom stereocenters. The van der Waals surface area contributed by atoms with Crippen molar-refractivity contribution in [1.82, 2.24) is 4.73 Å². The van der Waals surface area contributed by atoms with Crippen LogP contribution in [0.3, 0.4) is 0 Å². The van der Waals surface area contributed by atoms with Crippen molar-refractivity contribution in [3.05, 3.63) is 64.1 Å². The third-order valence-corrected chi connectivity index (χ3v) is 2.80. The second-order valence-electron chi connectivity index (χ2n) is 4.57. The Hall–Kier alpha value is -3.09. The van der Waals surface area contributed by atoms with E-state index < -0.39 is 24.0 Å². The van der Waals surface area contributed by atoms with Crippen molar-refractivity contribution in [1.29, 1.82) is 0 Å². The lowest BCUT2D eigenvalue weighted by Gasteiger charge is -2.09. The first-order valence-corrected chi connectivity index (χ1v) is 6.41. The highest BCUT2D eigenvalue weighted by atomic mass is 16.7. The number of rotatable bonds is 5. The number of pyridine rings is 1. The SMILES string of the molecule is Cc1ccc(NC(=O)COn2cc(C(=O)O)ccc2=O)cc1. The minimum Gasteiger partial charge on any atom is -0.478 e. The van der Waals surface area contributed by atoms with E-state index in [1.54, 1.807) is 12.1 Å². The molecule has 22 heavy (non-hydrogen) atoms. The third kappa shape index (κ3) is 3.95. The molecule has 7 nitrogen and oxygen atoms in total. The summed E-state index contributed by atoms with van der Waals surface area (Å²) in [6.45, 7) is 1.51. The summed E-state index contributed by atoms with van der Waals surface area (Å²) >= 11 is 0. The Morgan fingerprint density at radius 3 is 2.50 bits per heavy atom. The molecule has 0 radical (unpaired) electrons. The van der Waals surface area contributed by atoms with Crippen LogP contribution in [0, 0.1) is 6.92 Å². The van der Waals surface area contributed by atoms with Crippen molar-refractivity contribution in [2.24, 2.45) is 0 Å². The van der Waals surface area contributed by atoms with E-state index >= 15 is 0 Å². The second-order valence-corrected chi connectivity index (χ2v) is 4.57. The van der Waals surface area contributed by atoms with E-state index in [-0.39, 0.29) is 5.56 Å². The monoisotopic (exact) mass is 302 g/mol. The predicted octanol–water partition coefficient (Wildman–Crippen LogP) is 0.922. The zero-order valence-corrected chi connectivity index (χ0v) is 11.8. The van der Waals surface area contributed by atoms with E-state index in [1.807, 2.05) is 19.1 Å². The predicted molar refractivity (Wildman–Crippen MR) is 78.9 cm³/mol. The van der Waals surface area contributed by atoms with Gasteiger partial charge in [-0.05, 0) is 25.1 Å². The zero-order valence-electron chi connectivity index (χ0n) is 11.8. The number of hydrogen-bond acceptors (Lipinski definition) is 4. The van der Waals surface area contributed by atoms with Gasteiger partial charge in [-0.1, -0.05) is 17.7 Å². The summed E-state index contributed by atoms with van der Waals surface area (Å²) in [5.74, 6) is -1.65. The van der Waals surface area contributed by atoms with Gasteiger partial charge in [0.1, 0.15) is 0 Å². The topological polar surface area (TPSA) is 97.6 Å². The van der Waals surface area contributed by atoms with Crippen LogP contribution < -0.4 is 15.7 Å². The van der Waals surface area contributed by atoms with E-state index in [2.05, 4.69) is 5.32 Å². The van der Waals surface area contributed by atoms with Gasteiger partial charge in [-0.3, -0.25) is 9.59 Å². The number of aromatic nitrogens is 1. The van der Waals surface area contributed by atoms with Gasteiger partial charge in [-0.15, -0.1) is 0 Å². The number of amides is 1. The van der Waals surface area contributed by atoms with Crippen LogP contribution in [-0.2, 0) is 4.79 Å². The lowest BCUT2D eigenvalue weighted by Crippen LogP contribution is -2.32. The summed E-state index contributed by atoms with van der Waals surface area (Å²) in [7, 11) is 0. The summed E-state index contributed by atoms with van der Waals surface area (Å²) < 4.78 is 0.720. The third-order valence-electron chi connectivity index (χ3n) is 2.80. The zero-order chi connectivity index (χ0) is 16.1. The molecule has 2 rings (SSSR count). The van der Waals surface area contributed by atoms with Crippen LogP contribution in [0.5, 0.6) is 0 Å². The van der Waals surface area contributed by atoms with Gasteiger partial charge in [0.2, 0.25) is 0 Å². The maximum Gasteiger partial charge on any atom is 0.337 e. The molecule has 0 aliphatic rings. The number of nitrogens with one attached hydrogen (secondary N) is 1. The number of aryl methyl sites for hydroxylation is 1. The molecule has 114 valence electrons. The molecular formula is C15H14N2O5. The maximum absolute atomic E-state index is 11.7. The van der Waals surface area contributed by atoms with Gasteiger partial charge in [0, 0.05) is 11.8 Å².